The lowest BCUT2D eigenvalue weighted by Gasteiger charge is -2.16. The van der Waals surface area contributed by atoms with Gasteiger partial charge in [-0.05, 0) is 31.0 Å². The second kappa shape index (κ2) is 12.5. The van der Waals surface area contributed by atoms with E-state index in [9.17, 15) is 32.3 Å². The Hall–Kier alpha value is -4.15. The first kappa shape index (κ1) is 32.8. The van der Waals surface area contributed by atoms with Crippen molar-refractivity contribution in [3.8, 4) is 17.0 Å². The van der Waals surface area contributed by atoms with E-state index in [0.29, 0.717) is 11.3 Å². The lowest BCUT2D eigenvalue weighted by molar-refractivity contribution is -0.274. The van der Waals surface area contributed by atoms with Crippen LogP contribution in [-0.2, 0) is 41.6 Å². The van der Waals surface area contributed by atoms with Crippen molar-refractivity contribution in [2.75, 3.05) is 0 Å². The Morgan fingerprint density at radius 1 is 1.18 bits per heavy atom. The number of amides is 1. The molecule has 0 aliphatic carbocycles. The van der Waals surface area contributed by atoms with Crippen LogP contribution < -0.4 is 26.5 Å². The molecule has 4 rings (SSSR count). The van der Waals surface area contributed by atoms with Crippen LogP contribution >= 0.6 is 22.9 Å². The molecule has 0 saturated heterocycles. The van der Waals surface area contributed by atoms with Crippen LogP contribution in [0.1, 0.15) is 25.2 Å². The standard InChI is InChI=1S/C27H27ClF3N5O7S/c1-12(2)21(32)24(39)41-11-36-17(14-6-7-18(16(28)8-14)43-27(29,30)31)10-44-25(36)33-19(37)9-15-13(3)42-23-20(15)22(38)34(4)26(40)35(23)5/h6-8,10,12,21H,9,11,32H2,1-5H3/t21-/m0/s1. The van der Waals surface area contributed by atoms with E-state index >= 15 is 0 Å². The highest BCUT2D eigenvalue weighted by Crippen LogP contribution is 2.34. The van der Waals surface area contributed by atoms with Crippen LogP contribution in [0.3, 0.4) is 0 Å². The number of thiazole rings is 1. The number of carbonyl (C=O) groups excluding carboxylic acids is 2. The van der Waals surface area contributed by atoms with Gasteiger partial charge in [-0.3, -0.25) is 28.1 Å². The maximum atomic E-state index is 13.2. The summed E-state index contributed by atoms with van der Waals surface area (Å²) in [7, 11) is 2.73. The molecule has 44 heavy (non-hydrogen) atoms. The van der Waals surface area contributed by atoms with Crippen molar-refractivity contribution >= 4 is 45.9 Å². The van der Waals surface area contributed by atoms with E-state index in [2.05, 4.69) is 9.73 Å². The number of aryl methyl sites for hydroxylation is 2. The fraction of sp³-hybridized carbons (Fsp3) is 0.370. The van der Waals surface area contributed by atoms with Crippen molar-refractivity contribution in [2.45, 2.75) is 46.3 Å². The Morgan fingerprint density at radius 2 is 1.86 bits per heavy atom. The summed E-state index contributed by atoms with van der Waals surface area (Å²) in [6, 6.07) is 2.61. The van der Waals surface area contributed by atoms with Gasteiger partial charge in [0.15, 0.2) is 11.5 Å². The monoisotopic (exact) mass is 657 g/mol. The van der Waals surface area contributed by atoms with Crippen LogP contribution in [0, 0.1) is 12.8 Å². The molecule has 17 heteroatoms. The zero-order valence-electron chi connectivity index (χ0n) is 24.0. The number of carbonyl (C=O) groups is 2. The minimum absolute atomic E-state index is 0.00936. The highest BCUT2D eigenvalue weighted by molar-refractivity contribution is 7.07. The quantitative estimate of drug-likeness (QED) is 0.283. The first-order valence-electron chi connectivity index (χ1n) is 12.9. The van der Waals surface area contributed by atoms with E-state index in [1.807, 2.05) is 0 Å². The van der Waals surface area contributed by atoms with Gasteiger partial charge >= 0.3 is 18.0 Å². The molecule has 0 aliphatic heterocycles. The van der Waals surface area contributed by atoms with E-state index in [0.717, 1.165) is 26.5 Å². The molecule has 0 bridgehead atoms. The second-order valence-corrected chi connectivity index (χ2v) is 11.3. The highest BCUT2D eigenvalue weighted by Gasteiger charge is 2.32. The van der Waals surface area contributed by atoms with E-state index < -0.39 is 48.0 Å². The van der Waals surface area contributed by atoms with Crippen molar-refractivity contribution in [3.63, 3.8) is 0 Å². The molecule has 1 atom stereocenters. The van der Waals surface area contributed by atoms with E-state index in [1.54, 1.807) is 26.2 Å². The number of halogens is 4. The SMILES string of the molecule is Cc1oc2c(c1CC(=O)N=c1scc(-c3ccc(OC(F)(F)F)c(Cl)c3)n1COC(=O)[C@@H](N)C(C)C)c(=O)n(C)c(=O)n2C. The number of hydrogen-bond donors (Lipinski definition) is 1. The number of nitrogens with two attached hydrogens (primary N) is 1. The fourth-order valence-corrected chi connectivity index (χ4v) is 5.37. The number of fused-ring (bicyclic) bond motifs is 1. The molecule has 236 valence electrons. The number of ether oxygens (including phenoxy) is 2. The zero-order chi connectivity index (χ0) is 32.7. The molecule has 12 nitrogen and oxygen atoms in total. The molecule has 3 heterocycles. The summed E-state index contributed by atoms with van der Waals surface area (Å²) in [6.07, 6.45) is -5.33. The third-order valence-electron chi connectivity index (χ3n) is 6.71. The Bertz CT molecular complexity index is 1950. The number of furan rings is 1. The summed E-state index contributed by atoms with van der Waals surface area (Å²) in [5, 5.41) is 1.26. The lowest BCUT2D eigenvalue weighted by atomic mass is 10.1. The molecule has 1 aromatic carbocycles. The van der Waals surface area contributed by atoms with Gasteiger partial charge in [-0.15, -0.1) is 24.5 Å². The minimum atomic E-state index is -4.96. The van der Waals surface area contributed by atoms with Gasteiger partial charge in [0.05, 0.1) is 17.1 Å². The summed E-state index contributed by atoms with van der Waals surface area (Å²) >= 11 is 7.03. The summed E-state index contributed by atoms with van der Waals surface area (Å²) in [5.41, 5.74) is 5.52. The molecular formula is C27H27ClF3N5O7S. The predicted octanol–water partition coefficient (Wildman–Crippen LogP) is 3.37. The first-order valence-corrected chi connectivity index (χ1v) is 14.2. The van der Waals surface area contributed by atoms with Crippen molar-refractivity contribution in [1.82, 2.24) is 13.7 Å². The Labute approximate surface area is 255 Å². The molecule has 0 aliphatic rings. The number of nitrogens with zero attached hydrogens (tertiary/aromatic N) is 4. The third kappa shape index (κ3) is 6.66. The van der Waals surface area contributed by atoms with Gasteiger partial charge in [0.1, 0.15) is 22.9 Å². The topological polar surface area (TPSA) is 153 Å². The lowest BCUT2D eigenvalue weighted by Crippen LogP contribution is -2.37. The van der Waals surface area contributed by atoms with Crippen LogP contribution in [0.25, 0.3) is 22.4 Å². The van der Waals surface area contributed by atoms with Crippen LogP contribution in [0.4, 0.5) is 13.2 Å². The second-order valence-electron chi connectivity index (χ2n) is 10.1. The van der Waals surface area contributed by atoms with Gasteiger partial charge in [0.2, 0.25) is 5.71 Å². The molecule has 4 aromatic rings. The van der Waals surface area contributed by atoms with Crippen molar-refractivity contribution in [2.24, 2.45) is 30.7 Å². The normalized spacial score (nSPS) is 13.1. The zero-order valence-corrected chi connectivity index (χ0v) is 25.6. The Kier molecular flexibility index (Phi) is 9.27. The molecule has 0 saturated carbocycles. The predicted molar refractivity (Wildman–Crippen MR) is 154 cm³/mol. The van der Waals surface area contributed by atoms with Crippen LogP contribution in [-0.4, -0.2) is 38.0 Å². The van der Waals surface area contributed by atoms with Crippen LogP contribution in [0.15, 0.2) is 42.6 Å². The molecule has 0 radical (unpaired) electrons. The van der Waals surface area contributed by atoms with Gasteiger partial charge < -0.3 is 19.6 Å². The van der Waals surface area contributed by atoms with Crippen molar-refractivity contribution in [3.05, 3.63) is 65.6 Å². The van der Waals surface area contributed by atoms with Crippen molar-refractivity contribution < 1.29 is 36.7 Å². The minimum Gasteiger partial charge on any atom is -0.444 e. The number of aromatic nitrogens is 3. The first-order chi connectivity index (χ1) is 20.5. The molecule has 0 unspecified atom stereocenters. The van der Waals surface area contributed by atoms with Crippen LogP contribution in [0.2, 0.25) is 5.02 Å². The average Bonchev–Trinajstić information content (AvgIpc) is 3.49. The summed E-state index contributed by atoms with van der Waals surface area (Å²) in [4.78, 5) is 55.1. The van der Waals surface area contributed by atoms with E-state index in [1.165, 1.54) is 30.8 Å². The molecule has 0 spiro atoms. The maximum absolute atomic E-state index is 13.2. The third-order valence-corrected chi connectivity index (χ3v) is 7.87. The fourth-order valence-electron chi connectivity index (χ4n) is 4.23. The van der Waals surface area contributed by atoms with E-state index in [-0.39, 0.29) is 44.6 Å². The molecule has 2 N–H and O–H groups in total. The maximum Gasteiger partial charge on any atom is 0.573 e. The smallest absolute Gasteiger partial charge is 0.444 e. The Morgan fingerprint density at radius 3 is 2.48 bits per heavy atom. The van der Waals surface area contributed by atoms with E-state index in [4.69, 9.17) is 26.5 Å². The summed E-state index contributed by atoms with van der Waals surface area (Å²) in [6.45, 7) is 4.56. The number of hydrogen-bond acceptors (Lipinski definition) is 9. The highest BCUT2D eigenvalue weighted by atomic mass is 35.5. The van der Waals surface area contributed by atoms with Gasteiger partial charge in [-0.1, -0.05) is 25.4 Å². The van der Waals surface area contributed by atoms with Gasteiger partial charge in [0.25, 0.3) is 11.5 Å². The molecule has 3 aromatic heterocycles. The number of esters is 1. The van der Waals surface area contributed by atoms with Gasteiger partial charge in [0, 0.05) is 30.6 Å². The number of benzene rings is 1. The molecule has 1 amide bonds. The summed E-state index contributed by atoms with van der Waals surface area (Å²) in [5.74, 6) is -2.04. The summed E-state index contributed by atoms with van der Waals surface area (Å²) < 4.78 is 56.5. The van der Waals surface area contributed by atoms with Gasteiger partial charge in [-0.25, -0.2) is 4.79 Å². The van der Waals surface area contributed by atoms with Crippen molar-refractivity contribution in [1.29, 1.82) is 0 Å². The number of rotatable bonds is 8. The average molecular weight is 658 g/mol. The number of alkyl halides is 3. The largest absolute Gasteiger partial charge is 0.573 e. The molecule has 0 fully saturated rings. The van der Waals surface area contributed by atoms with Gasteiger partial charge in [-0.2, -0.15) is 4.99 Å². The Balaban J connectivity index is 1.76. The van der Waals surface area contributed by atoms with Crippen LogP contribution in [0.5, 0.6) is 5.75 Å². The molecular weight excluding hydrogens is 631 g/mol.